The minimum absolute atomic E-state index is 0.101. The van der Waals surface area contributed by atoms with Crippen molar-refractivity contribution in [3.05, 3.63) is 128 Å². The highest BCUT2D eigenvalue weighted by Crippen LogP contribution is 2.62. The number of hydrogen-bond donors (Lipinski definition) is 5. The van der Waals surface area contributed by atoms with Crippen molar-refractivity contribution >= 4 is 76.1 Å². The molecule has 0 radical (unpaired) electrons. The van der Waals surface area contributed by atoms with Gasteiger partial charge in [-0.3, -0.25) is 39.4 Å². The van der Waals surface area contributed by atoms with E-state index in [1.807, 2.05) is 18.2 Å². The molecule has 5 N–H and O–H groups in total. The lowest BCUT2D eigenvalue weighted by molar-refractivity contribution is -0.137. The highest BCUT2D eigenvalue weighted by molar-refractivity contribution is 6.31. The van der Waals surface area contributed by atoms with Crippen LogP contribution in [0.25, 0.3) is 6.08 Å². The first-order valence-electron chi connectivity index (χ1n) is 21.2. The number of unbranched alkanes of at least 4 members (excludes halogenated alkanes) is 1. The summed E-state index contributed by atoms with van der Waals surface area (Å²) in [6.07, 6.45) is 10.8. The van der Waals surface area contributed by atoms with E-state index in [9.17, 15) is 28.8 Å². The highest BCUT2D eigenvalue weighted by Gasteiger charge is 2.72. The van der Waals surface area contributed by atoms with Crippen molar-refractivity contribution in [3.8, 4) is 0 Å². The van der Waals surface area contributed by atoms with Crippen LogP contribution in [-0.4, -0.2) is 69.5 Å². The summed E-state index contributed by atoms with van der Waals surface area (Å²) < 4.78 is 16.2. The van der Waals surface area contributed by atoms with Crippen molar-refractivity contribution in [2.75, 3.05) is 17.2 Å². The molecular weight excluding hydrogens is 848 g/mol. The minimum atomic E-state index is -1.39. The largest absolute Gasteiger partial charge is 0.352 e. The normalized spacial score (nSPS) is 23.5. The van der Waals surface area contributed by atoms with Gasteiger partial charge in [-0.15, -0.1) is 0 Å². The second-order valence-electron chi connectivity index (χ2n) is 16.8. The van der Waals surface area contributed by atoms with Gasteiger partial charge in [0.15, 0.2) is 11.0 Å². The second-order valence-corrected chi connectivity index (χ2v) is 17.6. The van der Waals surface area contributed by atoms with Gasteiger partial charge in [0.2, 0.25) is 23.6 Å². The molecule has 1 aliphatic carbocycles. The third-order valence-corrected chi connectivity index (χ3v) is 13.9. The molecule has 2 spiro atoms. The lowest BCUT2D eigenvalue weighted by atomic mass is 9.55. The molecule has 4 atom stereocenters. The molecule has 5 heterocycles. The van der Waals surface area contributed by atoms with Gasteiger partial charge in [0.05, 0.1) is 6.04 Å². The topological polar surface area (TPSA) is 179 Å². The number of aromatic nitrogens is 1. The number of carbonyl (C=O) groups is 6. The lowest BCUT2D eigenvalue weighted by Crippen LogP contribution is -2.60. The molecule has 9 rings (SSSR count). The number of nitrogens with one attached hydrogen (secondary N) is 5. The number of anilines is 2. The van der Waals surface area contributed by atoms with E-state index in [0.717, 1.165) is 30.4 Å². The number of rotatable bonds is 10. The predicted octanol–water partition coefficient (Wildman–Crippen LogP) is 6.80. The van der Waals surface area contributed by atoms with E-state index in [0.29, 0.717) is 71.7 Å². The molecule has 4 aliphatic heterocycles. The Morgan fingerprint density at radius 2 is 1.76 bits per heavy atom. The number of allylic oxidation sites excluding steroid dienone is 1. The molecule has 5 aliphatic rings. The number of amides is 6. The maximum Gasteiger partial charge on any atom is 0.255 e. The summed E-state index contributed by atoms with van der Waals surface area (Å²) in [6.45, 7) is 0.677. The molecule has 63 heavy (non-hydrogen) atoms. The van der Waals surface area contributed by atoms with Crippen molar-refractivity contribution in [1.29, 1.82) is 0 Å². The van der Waals surface area contributed by atoms with Crippen LogP contribution in [0, 0.1) is 5.82 Å². The fourth-order valence-electron chi connectivity index (χ4n) is 10.6. The number of imide groups is 1. The molecular formula is C47H44Cl2FN7O6. The second kappa shape index (κ2) is 17.0. The number of nitrogens with zero attached hydrogens (tertiary/aromatic N) is 2. The summed E-state index contributed by atoms with van der Waals surface area (Å²) in [5.74, 6) is -3.94. The van der Waals surface area contributed by atoms with Gasteiger partial charge >= 0.3 is 0 Å². The van der Waals surface area contributed by atoms with Gasteiger partial charge in [-0.25, -0.2) is 9.37 Å². The van der Waals surface area contributed by atoms with E-state index in [2.05, 4.69) is 31.6 Å². The summed E-state index contributed by atoms with van der Waals surface area (Å²) in [7, 11) is 0. The summed E-state index contributed by atoms with van der Waals surface area (Å²) in [5.41, 5.74) is 2.01. The molecule has 1 unspecified atom stereocenters. The Balaban J connectivity index is 0.854. The first-order chi connectivity index (χ1) is 30.4. The van der Waals surface area contributed by atoms with Crippen LogP contribution in [0.2, 0.25) is 10.2 Å². The Morgan fingerprint density at radius 3 is 2.54 bits per heavy atom. The first-order valence-corrected chi connectivity index (χ1v) is 22.0. The molecule has 3 fully saturated rings. The monoisotopic (exact) mass is 891 g/mol. The van der Waals surface area contributed by atoms with Crippen LogP contribution in [0.5, 0.6) is 0 Å². The van der Waals surface area contributed by atoms with E-state index in [4.69, 9.17) is 23.2 Å². The van der Waals surface area contributed by atoms with Crippen molar-refractivity contribution < 1.29 is 33.2 Å². The first kappa shape index (κ1) is 42.3. The van der Waals surface area contributed by atoms with Gasteiger partial charge in [-0.05, 0) is 103 Å². The number of fused-ring (bicyclic) bond motifs is 4. The Labute approximate surface area is 372 Å². The molecule has 3 aromatic carbocycles. The van der Waals surface area contributed by atoms with Crippen LogP contribution < -0.4 is 26.6 Å². The SMILES string of the molecule is O=C1CCC(N2Cc3c(/C=C/CCCNC(=O)c4ccc(NC(=O)[C@@H]5NC6(CCCCC6)[C@@]6(C(=O)Nc7cc(Cl)ccc76)[C@H]5c5ccnc(Cl)c5F)cc4)cccc3C2=O)C(=O)N1. The van der Waals surface area contributed by atoms with E-state index in [1.54, 1.807) is 54.6 Å². The zero-order valence-electron chi connectivity index (χ0n) is 34.1. The number of hydrogen-bond acceptors (Lipinski definition) is 8. The number of piperidine rings is 1. The van der Waals surface area contributed by atoms with Gasteiger partial charge < -0.3 is 20.9 Å². The average Bonchev–Trinajstić information content (AvgIpc) is 3.87. The summed E-state index contributed by atoms with van der Waals surface area (Å²) in [5, 5.41) is 14.9. The van der Waals surface area contributed by atoms with Crippen molar-refractivity contribution in [2.45, 2.75) is 93.3 Å². The highest BCUT2D eigenvalue weighted by atomic mass is 35.5. The summed E-state index contributed by atoms with van der Waals surface area (Å²) in [6, 6.07) is 16.8. The fourth-order valence-corrected chi connectivity index (χ4v) is 10.9. The Kier molecular flexibility index (Phi) is 11.4. The zero-order chi connectivity index (χ0) is 44.0. The summed E-state index contributed by atoms with van der Waals surface area (Å²) >= 11 is 12.6. The van der Waals surface area contributed by atoms with E-state index in [1.165, 1.54) is 17.2 Å². The molecule has 6 amide bonds. The van der Waals surface area contributed by atoms with Gasteiger partial charge in [-0.1, -0.05) is 72.8 Å². The fraction of sp³-hybridized carbons (Fsp3) is 0.340. The molecule has 4 aromatic rings. The van der Waals surface area contributed by atoms with Crippen LogP contribution in [0.1, 0.15) is 107 Å². The number of benzene rings is 3. The molecule has 1 saturated carbocycles. The van der Waals surface area contributed by atoms with Crippen LogP contribution in [0.3, 0.4) is 0 Å². The van der Waals surface area contributed by atoms with Crippen LogP contribution >= 0.6 is 23.2 Å². The van der Waals surface area contributed by atoms with E-state index in [-0.39, 0.29) is 47.3 Å². The van der Waals surface area contributed by atoms with Crippen LogP contribution in [0.4, 0.5) is 15.8 Å². The standard InChI is InChI=1S/C47H44Cl2FN7O6/c48-28-13-16-33-34(24-28)54-45(63)47(33)37(31-19-23-51-40(49)38(31)50)39(56-46(47)20-4-2-5-21-46)43(61)53-29-14-11-27(12-15-29)41(59)52-22-6-1-3-8-26-9-7-10-30-32(26)25-57(44(30)62)35-17-18-36(58)55-42(35)60/h3,7-16,19,23-24,35,37,39,56H,1-2,4-6,17-18,20-22,25H2,(H,52,59)(H,53,61)(H,54,63)(H,55,58,60)/b8-3+/t35?,37-,39+,47+/m0/s1. The Morgan fingerprint density at radius 1 is 0.968 bits per heavy atom. The average molecular weight is 893 g/mol. The van der Waals surface area contributed by atoms with Crippen molar-refractivity contribution in [3.63, 3.8) is 0 Å². The van der Waals surface area contributed by atoms with E-state index >= 15 is 4.39 Å². The quantitative estimate of drug-likeness (QED) is 0.0656. The number of pyridine rings is 1. The molecule has 13 nitrogen and oxygen atoms in total. The minimum Gasteiger partial charge on any atom is -0.352 e. The van der Waals surface area contributed by atoms with Gasteiger partial charge in [0, 0.05) is 64.7 Å². The van der Waals surface area contributed by atoms with Crippen LogP contribution in [-0.2, 0) is 31.1 Å². The smallest absolute Gasteiger partial charge is 0.255 e. The summed E-state index contributed by atoms with van der Waals surface area (Å²) in [4.78, 5) is 84.9. The molecule has 0 bridgehead atoms. The van der Waals surface area contributed by atoms with Crippen molar-refractivity contribution in [2.24, 2.45) is 0 Å². The Bertz CT molecular complexity index is 2600. The van der Waals surface area contributed by atoms with Crippen LogP contribution in [0.15, 0.2) is 79.0 Å². The Hall–Kier alpha value is -5.96. The lowest BCUT2D eigenvalue weighted by Gasteiger charge is -2.47. The van der Waals surface area contributed by atoms with Gasteiger partial charge in [0.1, 0.15) is 11.5 Å². The predicted molar refractivity (Wildman–Crippen MR) is 235 cm³/mol. The maximum atomic E-state index is 16.2. The zero-order valence-corrected chi connectivity index (χ0v) is 35.6. The van der Waals surface area contributed by atoms with Gasteiger partial charge in [0.25, 0.3) is 11.8 Å². The number of carbonyl (C=O) groups excluding carboxylic acids is 6. The maximum absolute atomic E-state index is 16.2. The molecule has 324 valence electrons. The molecule has 1 aromatic heterocycles. The van der Waals surface area contributed by atoms with Crippen molar-refractivity contribution in [1.82, 2.24) is 25.8 Å². The third-order valence-electron chi connectivity index (χ3n) is 13.4. The number of halogens is 3. The van der Waals surface area contributed by atoms with E-state index < -0.39 is 46.6 Å². The van der Waals surface area contributed by atoms with Gasteiger partial charge in [-0.2, -0.15) is 0 Å². The molecule has 16 heteroatoms. The third kappa shape index (κ3) is 7.37. The molecule has 2 saturated heterocycles.